The van der Waals surface area contributed by atoms with Crippen LogP contribution in [-0.4, -0.2) is 35.8 Å². The summed E-state index contributed by atoms with van der Waals surface area (Å²) in [6.07, 6.45) is 0.681. The number of carbonyl (C=O) groups is 1. The summed E-state index contributed by atoms with van der Waals surface area (Å²) in [5.74, 6) is -0.278. The number of aliphatic hydroxyl groups excluding tert-OH is 1. The van der Waals surface area contributed by atoms with Crippen molar-refractivity contribution in [2.24, 2.45) is 5.73 Å². The number of hydrogen-bond donors (Lipinski definition) is 5. The highest BCUT2D eigenvalue weighted by Crippen LogP contribution is 2.31. The number of amidine groups is 1. The van der Waals surface area contributed by atoms with Crippen LogP contribution < -0.4 is 20.5 Å². The lowest BCUT2D eigenvalue weighted by atomic mass is 10.0. The molecule has 6 N–H and O–H groups in total. The zero-order valence-corrected chi connectivity index (χ0v) is 25.9. The highest BCUT2D eigenvalue weighted by molar-refractivity contribution is 7.89. The quantitative estimate of drug-likeness (QED) is 0.121. The van der Waals surface area contributed by atoms with Crippen molar-refractivity contribution in [1.82, 2.24) is 15.0 Å². The monoisotopic (exact) mass is 615 g/mol. The second kappa shape index (κ2) is 13.4. The molecule has 0 saturated heterocycles. The van der Waals surface area contributed by atoms with Gasteiger partial charge in [0.15, 0.2) is 6.10 Å². The van der Waals surface area contributed by atoms with Gasteiger partial charge >= 0.3 is 0 Å². The first-order chi connectivity index (χ1) is 20.8. The van der Waals surface area contributed by atoms with Gasteiger partial charge in [0.05, 0.1) is 17.2 Å². The Morgan fingerprint density at radius 1 is 1.02 bits per heavy atom. The molecule has 44 heavy (non-hydrogen) atoms. The van der Waals surface area contributed by atoms with Gasteiger partial charge in [0, 0.05) is 35.0 Å². The summed E-state index contributed by atoms with van der Waals surface area (Å²) < 4.78 is 35.0. The maximum absolute atomic E-state index is 13.1. The topological polar surface area (TPSA) is 167 Å². The Bertz CT molecular complexity index is 1750. The van der Waals surface area contributed by atoms with E-state index in [1.807, 2.05) is 18.2 Å². The van der Waals surface area contributed by atoms with Gasteiger partial charge in [-0.1, -0.05) is 60.7 Å². The van der Waals surface area contributed by atoms with E-state index in [1.54, 1.807) is 94.6 Å². The van der Waals surface area contributed by atoms with Crippen molar-refractivity contribution < 1.29 is 23.1 Å². The van der Waals surface area contributed by atoms with Gasteiger partial charge in [-0.2, -0.15) is 0 Å². The largest absolute Gasteiger partial charge is 0.476 e. The Kier molecular flexibility index (Phi) is 9.83. The van der Waals surface area contributed by atoms with Gasteiger partial charge in [-0.25, -0.2) is 13.1 Å². The van der Waals surface area contributed by atoms with E-state index in [-0.39, 0.29) is 29.8 Å². The first-order valence-corrected chi connectivity index (χ1v) is 15.4. The molecule has 1 heterocycles. The van der Waals surface area contributed by atoms with Gasteiger partial charge < -0.3 is 20.9 Å². The van der Waals surface area contributed by atoms with Crippen molar-refractivity contribution >= 4 is 21.8 Å². The van der Waals surface area contributed by atoms with Gasteiger partial charge in [-0.15, -0.1) is 0 Å². The van der Waals surface area contributed by atoms with Gasteiger partial charge in [-0.05, 0) is 62.6 Å². The van der Waals surface area contributed by atoms with E-state index in [0.29, 0.717) is 44.8 Å². The average molecular weight is 616 g/mol. The molecule has 230 valence electrons. The smallest absolute Gasteiger partial charge is 0.251 e. The van der Waals surface area contributed by atoms with Gasteiger partial charge in [0.25, 0.3) is 5.91 Å². The molecular weight excluding hydrogens is 578 g/mol. The number of nitrogens with zero attached hydrogens (tertiary/aromatic N) is 1. The molecular formula is C33H37N5O5S. The van der Waals surface area contributed by atoms with E-state index in [9.17, 15) is 18.3 Å². The Balaban J connectivity index is 1.53. The predicted octanol–water partition coefficient (Wildman–Crippen LogP) is 4.61. The molecule has 4 rings (SSSR count). The number of pyridine rings is 1. The summed E-state index contributed by atoms with van der Waals surface area (Å²) >= 11 is 0. The van der Waals surface area contributed by atoms with E-state index in [2.05, 4.69) is 15.0 Å². The number of nitrogens with one attached hydrogen (secondary N) is 3. The number of sulfonamides is 1. The molecule has 10 nitrogen and oxygen atoms in total. The van der Waals surface area contributed by atoms with Crippen LogP contribution in [0.2, 0.25) is 0 Å². The number of carbonyl (C=O) groups excluding carboxylic acids is 1. The molecule has 1 amide bonds. The number of aryl methyl sites for hydroxylation is 1. The van der Waals surface area contributed by atoms with Gasteiger partial charge in [0.2, 0.25) is 10.0 Å². The minimum atomic E-state index is -3.79. The molecule has 3 aromatic carbocycles. The second-order valence-electron chi connectivity index (χ2n) is 11.3. The first kappa shape index (κ1) is 32.3. The number of nitrogens with two attached hydrogens (primary N) is 1. The first-order valence-electron chi connectivity index (χ1n) is 14.0. The van der Waals surface area contributed by atoms with Crippen LogP contribution in [0.5, 0.6) is 5.75 Å². The number of benzene rings is 3. The van der Waals surface area contributed by atoms with Crippen LogP contribution in [0.1, 0.15) is 59.6 Å². The molecule has 0 aliphatic carbocycles. The number of aliphatic hydroxyl groups is 1. The highest BCUT2D eigenvalue weighted by atomic mass is 32.2. The van der Waals surface area contributed by atoms with Crippen LogP contribution in [0, 0.1) is 12.3 Å². The van der Waals surface area contributed by atoms with Crippen molar-refractivity contribution in [3.8, 4) is 16.9 Å². The van der Waals surface area contributed by atoms with Crippen LogP contribution in [0.3, 0.4) is 0 Å². The SMILES string of the molecule is Cc1ncc(CNC(=O)c2ccc(-c3ccccc3S(=O)(=O)NC(C)(C)C)cc2)c(CO)c1OC(C(=N)N)c1ccccc1. The lowest BCUT2D eigenvalue weighted by Gasteiger charge is -2.22. The Labute approximate surface area is 257 Å². The minimum absolute atomic E-state index is 0.0513. The number of ether oxygens (including phenoxy) is 1. The summed E-state index contributed by atoms with van der Waals surface area (Å²) in [6, 6.07) is 22.4. The second-order valence-corrected chi connectivity index (χ2v) is 13.0. The zero-order valence-electron chi connectivity index (χ0n) is 25.1. The molecule has 0 fully saturated rings. The molecule has 0 aliphatic heterocycles. The van der Waals surface area contributed by atoms with Crippen molar-refractivity contribution in [1.29, 1.82) is 5.41 Å². The Morgan fingerprint density at radius 2 is 1.66 bits per heavy atom. The van der Waals surface area contributed by atoms with Crippen LogP contribution in [0.15, 0.2) is 90.0 Å². The van der Waals surface area contributed by atoms with Crippen molar-refractivity contribution in [3.63, 3.8) is 0 Å². The van der Waals surface area contributed by atoms with Crippen LogP contribution in [0.4, 0.5) is 0 Å². The summed E-state index contributed by atoms with van der Waals surface area (Å²) in [6.45, 7) is 6.72. The lowest BCUT2D eigenvalue weighted by Crippen LogP contribution is -2.40. The summed E-state index contributed by atoms with van der Waals surface area (Å²) in [5, 5.41) is 21.2. The zero-order chi connectivity index (χ0) is 32.1. The van der Waals surface area contributed by atoms with Crippen LogP contribution in [-0.2, 0) is 23.2 Å². The maximum atomic E-state index is 13.1. The van der Waals surface area contributed by atoms with E-state index < -0.39 is 21.7 Å². The summed E-state index contributed by atoms with van der Waals surface area (Å²) in [4.78, 5) is 17.6. The summed E-state index contributed by atoms with van der Waals surface area (Å²) in [7, 11) is -3.79. The molecule has 11 heteroatoms. The molecule has 4 aromatic rings. The van der Waals surface area contributed by atoms with Gasteiger partial charge in [-0.3, -0.25) is 15.2 Å². The van der Waals surface area contributed by atoms with Crippen molar-refractivity contribution in [2.45, 2.75) is 57.4 Å². The third kappa shape index (κ3) is 7.67. The third-order valence-electron chi connectivity index (χ3n) is 6.70. The third-order valence-corrected chi connectivity index (χ3v) is 8.51. The number of hydrogen-bond acceptors (Lipinski definition) is 7. The molecule has 0 aliphatic rings. The fourth-order valence-corrected chi connectivity index (χ4v) is 6.34. The molecule has 1 unspecified atom stereocenters. The molecule has 1 atom stereocenters. The van der Waals surface area contributed by atoms with Crippen molar-refractivity contribution in [2.75, 3.05) is 0 Å². The fourth-order valence-electron chi connectivity index (χ4n) is 4.69. The Morgan fingerprint density at radius 3 is 2.27 bits per heavy atom. The normalized spacial score (nSPS) is 12.4. The molecule has 0 spiro atoms. The van der Waals surface area contributed by atoms with Crippen molar-refractivity contribution in [3.05, 3.63) is 113 Å². The Hall–Kier alpha value is -4.58. The highest BCUT2D eigenvalue weighted by Gasteiger charge is 2.25. The molecule has 1 aromatic heterocycles. The van der Waals surface area contributed by atoms with Crippen LogP contribution >= 0.6 is 0 Å². The molecule has 0 bridgehead atoms. The predicted molar refractivity (Wildman–Crippen MR) is 170 cm³/mol. The molecule has 0 radical (unpaired) electrons. The average Bonchev–Trinajstić information content (AvgIpc) is 2.98. The fraction of sp³-hybridized carbons (Fsp3) is 0.242. The minimum Gasteiger partial charge on any atom is -0.476 e. The standard InChI is InChI=1S/C33H37N5O5S/c1-21-29(43-30(31(34)35)23-10-6-5-7-11-23)27(20-39)25(18-36-21)19-37-32(40)24-16-14-22(15-17-24)26-12-8-9-13-28(26)44(41,42)38-33(2,3)4/h5-18,30,38-39H,19-20H2,1-4H3,(H3,34,35)(H,37,40). The maximum Gasteiger partial charge on any atom is 0.251 e. The number of amides is 1. The number of rotatable bonds is 11. The van der Waals surface area contributed by atoms with E-state index in [4.69, 9.17) is 15.9 Å². The lowest BCUT2D eigenvalue weighted by molar-refractivity contribution is 0.0950. The van der Waals surface area contributed by atoms with E-state index in [0.717, 1.165) is 0 Å². The van der Waals surface area contributed by atoms with E-state index in [1.165, 1.54) is 0 Å². The number of aromatic nitrogens is 1. The molecule has 0 saturated carbocycles. The van der Waals surface area contributed by atoms with E-state index >= 15 is 0 Å². The summed E-state index contributed by atoms with van der Waals surface area (Å²) in [5.41, 5.74) is 8.86. The van der Waals surface area contributed by atoms with Gasteiger partial charge in [0.1, 0.15) is 11.6 Å². The van der Waals surface area contributed by atoms with Crippen LogP contribution in [0.25, 0.3) is 11.1 Å².